The minimum atomic E-state index is -0.420. The molecule has 0 bridgehead atoms. The lowest BCUT2D eigenvalue weighted by molar-refractivity contribution is 0.495. The number of imidazole rings is 1. The molecule has 5 rings (SSSR count). The first-order valence-electron chi connectivity index (χ1n) is 12.5. The van der Waals surface area contributed by atoms with Gasteiger partial charge < -0.3 is 15.2 Å². The summed E-state index contributed by atoms with van der Waals surface area (Å²) in [5.74, 6) is 0.668. The Morgan fingerprint density at radius 1 is 1.22 bits per heavy atom. The van der Waals surface area contributed by atoms with E-state index in [1.165, 1.54) is 9.13 Å². The van der Waals surface area contributed by atoms with E-state index in [0.717, 1.165) is 41.3 Å². The van der Waals surface area contributed by atoms with E-state index < -0.39 is 5.69 Å². The quantitative estimate of drug-likeness (QED) is 0.424. The van der Waals surface area contributed by atoms with Crippen LogP contribution in [0.5, 0.6) is 0 Å². The lowest BCUT2D eigenvalue weighted by Crippen LogP contribution is -2.44. The maximum atomic E-state index is 14.0. The van der Waals surface area contributed by atoms with Crippen LogP contribution in [0.4, 0.5) is 5.95 Å². The molecule has 1 saturated heterocycles. The molecule has 0 spiro atoms. The molecule has 2 N–H and O–H groups in total. The Labute approximate surface area is 214 Å². The number of aryl methyl sites for hydroxylation is 1. The highest BCUT2D eigenvalue weighted by Gasteiger charge is 2.26. The maximum Gasteiger partial charge on any atom is 0.332 e. The monoisotopic (exact) mass is 497 g/mol. The van der Waals surface area contributed by atoms with Gasteiger partial charge in [0.1, 0.15) is 0 Å². The van der Waals surface area contributed by atoms with Gasteiger partial charge in [-0.3, -0.25) is 13.9 Å². The molecule has 1 unspecified atom stereocenters. The summed E-state index contributed by atoms with van der Waals surface area (Å²) in [5.41, 5.74) is 8.77. The third kappa shape index (κ3) is 4.45. The number of anilines is 1. The first-order valence-corrected chi connectivity index (χ1v) is 12.5. The maximum absolute atomic E-state index is 14.0. The summed E-state index contributed by atoms with van der Waals surface area (Å²) >= 11 is 0. The zero-order chi connectivity index (χ0) is 26.3. The van der Waals surface area contributed by atoms with Crippen molar-refractivity contribution in [1.82, 2.24) is 18.7 Å². The van der Waals surface area contributed by atoms with E-state index in [-0.39, 0.29) is 18.1 Å². The number of allylic oxidation sites excluding steroid dienone is 2. The van der Waals surface area contributed by atoms with Crippen LogP contribution in [-0.2, 0) is 20.1 Å². The Balaban J connectivity index is 1.70. The van der Waals surface area contributed by atoms with Crippen molar-refractivity contribution in [3.63, 3.8) is 0 Å². The first kappa shape index (κ1) is 24.5. The van der Waals surface area contributed by atoms with Crippen molar-refractivity contribution in [2.75, 3.05) is 18.0 Å². The standard InChI is InChI=1S/C28H31N7O2/c1-18(2)11-13-34-24-25(31-27(34)33-12-5-8-22(30)17-33)32(3)28(37)35(26(24)36)16-21-7-4-6-20-14-19(15-29)9-10-23(20)21/h4,6-7,9-11,14,22H,5,8,12-13,16-17,30H2,1-3H3. The van der Waals surface area contributed by atoms with Gasteiger partial charge in [-0.15, -0.1) is 0 Å². The normalized spacial score (nSPS) is 15.8. The zero-order valence-electron chi connectivity index (χ0n) is 21.4. The summed E-state index contributed by atoms with van der Waals surface area (Å²) in [6, 6.07) is 13.3. The molecule has 1 aliphatic heterocycles. The van der Waals surface area contributed by atoms with E-state index in [1.807, 2.05) is 48.7 Å². The van der Waals surface area contributed by atoms with E-state index in [9.17, 15) is 14.9 Å². The van der Waals surface area contributed by atoms with Crippen LogP contribution in [0.3, 0.4) is 0 Å². The van der Waals surface area contributed by atoms with Crippen LogP contribution in [0.1, 0.15) is 37.8 Å². The first-order chi connectivity index (χ1) is 17.8. The van der Waals surface area contributed by atoms with Crippen molar-refractivity contribution in [3.05, 3.63) is 80.0 Å². The molecular weight excluding hydrogens is 466 g/mol. The highest BCUT2D eigenvalue weighted by Crippen LogP contribution is 2.24. The Bertz CT molecular complexity index is 1700. The smallest absolute Gasteiger partial charge is 0.332 e. The number of benzene rings is 2. The second-order valence-electron chi connectivity index (χ2n) is 10.0. The number of nitrogens with two attached hydrogens (primary N) is 1. The molecule has 37 heavy (non-hydrogen) atoms. The average molecular weight is 498 g/mol. The number of nitriles is 1. The fourth-order valence-electron chi connectivity index (χ4n) is 5.11. The van der Waals surface area contributed by atoms with Crippen molar-refractivity contribution >= 4 is 27.9 Å². The molecule has 2 aromatic carbocycles. The van der Waals surface area contributed by atoms with Gasteiger partial charge >= 0.3 is 5.69 Å². The van der Waals surface area contributed by atoms with Crippen molar-refractivity contribution in [3.8, 4) is 6.07 Å². The Morgan fingerprint density at radius 2 is 2.03 bits per heavy atom. The molecule has 9 heteroatoms. The average Bonchev–Trinajstić information content (AvgIpc) is 3.28. The van der Waals surface area contributed by atoms with Gasteiger partial charge in [-0.25, -0.2) is 4.79 Å². The van der Waals surface area contributed by atoms with E-state index in [1.54, 1.807) is 13.1 Å². The number of nitrogens with zero attached hydrogens (tertiary/aromatic N) is 6. The lowest BCUT2D eigenvalue weighted by atomic mass is 10.0. The minimum absolute atomic E-state index is 0.0406. The fourth-order valence-corrected chi connectivity index (χ4v) is 5.11. The molecule has 1 fully saturated rings. The van der Waals surface area contributed by atoms with Gasteiger partial charge in [0.25, 0.3) is 5.56 Å². The lowest BCUT2D eigenvalue weighted by Gasteiger charge is -2.31. The SMILES string of the molecule is CC(C)=CCn1c(N2CCCC(N)C2)nc2c1c(=O)n(Cc1cccc3cc(C#N)ccc13)c(=O)n2C. The fraction of sp³-hybridized carbons (Fsp3) is 0.357. The Kier molecular flexibility index (Phi) is 6.44. The molecule has 1 atom stereocenters. The summed E-state index contributed by atoms with van der Waals surface area (Å²) < 4.78 is 4.66. The Morgan fingerprint density at radius 3 is 2.76 bits per heavy atom. The molecule has 0 saturated carbocycles. The highest BCUT2D eigenvalue weighted by atomic mass is 16.2. The van der Waals surface area contributed by atoms with Crippen LogP contribution in [0.2, 0.25) is 0 Å². The van der Waals surface area contributed by atoms with Crippen LogP contribution in [0, 0.1) is 11.3 Å². The molecular formula is C28H31N7O2. The van der Waals surface area contributed by atoms with Gasteiger partial charge in [0, 0.05) is 32.7 Å². The Hall–Kier alpha value is -4.16. The van der Waals surface area contributed by atoms with Crippen LogP contribution in [-0.4, -0.2) is 37.8 Å². The molecule has 0 amide bonds. The third-order valence-electron chi connectivity index (χ3n) is 7.06. The number of hydrogen-bond acceptors (Lipinski definition) is 6. The number of aromatic nitrogens is 4. The van der Waals surface area contributed by atoms with Gasteiger partial charge in [-0.2, -0.15) is 10.2 Å². The summed E-state index contributed by atoms with van der Waals surface area (Å²) in [4.78, 5) is 34.3. The van der Waals surface area contributed by atoms with Crippen molar-refractivity contribution in [1.29, 1.82) is 5.26 Å². The number of piperidine rings is 1. The van der Waals surface area contributed by atoms with E-state index in [0.29, 0.717) is 35.8 Å². The van der Waals surface area contributed by atoms with Crippen molar-refractivity contribution < 1.29 is 0 Å². The van der Waals surface area contributed by atoms with Crippen LogP contribution < -0.4 is 21.9 Å². The van der Waals surface area contributed by atoms with Gasteiger partial charge in [0.05, 0.1) is 18.2 Å². The van der Waals surface area contributed by atoms with Crippen LogP contribution >= 0.6 is 0 Å². The van der Waals surface area contributed by atoms with E-state index >= 15 is 0 Å². The summed E-state index contributed by atoms with van der Waals surface area (Å²) in [6.07, 6.45) is 3.96. The van der Waals surface area contributed by atoms with Gasteiger partial charge in [0.15, 0.2) is 11.2 Å². The molecule has 190 valence electrons. The number of hydrogen-bond donors (Lipinski definition) is 1. The predicted molar refractivity (Wildman–Crippen MR) is 146 cm³/mol. The van der Waals surface area contributed by atoms with Crippen LogP contribution in [0.15, 0.2) is 57.6 Å². The zero-order valence-corrected chi connectivity index (χ0v) is 21.4. The van der Waals surface area contributed by atoms with Crippen molar-refractivity contribution in [2.45, 2.75) is 45.8 Å². The highest BCUT2D eigenvalue weighted by molar-refractivity contribution is 5.87. The molecule has 4 aromatic rings. The van der Waals surface area contributed by atoms with Gasteiger partial charge in [-0.1, -0.05) is 35.9 Å². The van der Waals surface area contributed by atoms with E-state index in [4.69, 9.17) is 10.7 Å². The summed E-state index contributed by atoms with van der Waals surface area (Å²) in [5, 5.41) is 11.0. The summed E-state index contributed by atoms with van der Waals surface area (Å²) in [6.45, 7) is 6.07. The largest absolute Gasteiger partial charge is 0.341 e. The number of fused-ring (bicyclic) bond motifs is 2. The van der Waals surface area contributed by atoms with Gasteiger partial charge in [0.2, 0.25) is 5.95 Å². The minimum Gasteiger partial charge on any atom is -0.341 e. The molecule has 0 radical (unpaired) electrons. The van der Waals surface area contributed by atoms with Crippen molar-refractivity contribution in [2.24, 2.45) is 12.8 Å². The molecule has 9 nitrogen and oxygen atoms in total. The predicted octanol–water partition coefficient (Wildman–Crippen LogP) is 2.86. The number of rotatable bonds is 5. The molecule has 3 heterocycles. The van der Waals surface area contributed by atoms with Gasteiger partial charge in [-0.05, 0) is 55.2 Å². The second-order valence-corrected chi connectivity index (χ2v) is 10.0. The molecule has 0 aliphatic carbocycles. The van der Waals surface area contributed by atoms with Crippen LogP contribution in [0.25, 0.3) is 21.9 Å². The molecule has 2 aromatic heterocycles. The second kappa shape index (κ2) is 9.71. The topological polar surface area (TPSA) is 115 Å². The third-order valence-corrected chi connectivity index (χ3v) is 7.06. The van der Waals surface area contributed by atoms with E-state index in [2.05, 4.69) is 17.0 Å². The summed E-state index contributed by atoms with van der Waals surface area (Å²) in [7, 11) is 1.66. The molecule has 1 aliphatic rings.